The van der Waals surface area contributed by atoms with Crippen LogP contribution in [0.5, 0.6) is 11.5 Å². The van der Waals surface area contributed by atoms with Crippen molar-refractivity contribution >= 4 is 29.3 Å². The fourth-order valence-electron chi connectivity index (χ4n) is 3.07. The van der Waals surface area contributed by atoms with Crippen LogP contribution in [0.1, 0.15) is 13.8 Å². The number of benzene rings is 1. The SMILES string of the molecule is CCn1c(S[C@H](C)C(=O)Nc2ccc3c(c2)OCO3)nnc1N1CCOCC1. The molecule has 1 fully saturated rings. The third-order valence-corrected chi connectivity index (χ3v) is 5.68. The second-order valence-electron chi connectivity index (χ2n) is 6.44. The maximum absolute atomic E-state index is 12.6. The lowest BCUT2D eigenvalue weighted by atomic mass is 10.2. The Balaban J connectivity index is 1.42. The molecule has 28 heavy (non-hydrogen) atoms. The van der Waals surface area contributed by atoms with Crippen molar-refractivity contribution in [3.05, 3.63) is 18.2 Å². The summed E-state index contributed by atoms with van der Waals surface area (Å²) in [6.07, 6.45) is 0. The summed E-state index contributed by atoms with van der Waals surface area (Å²) in [5.41, 5.74) is 0.674. The normalized spacial score (nSPS) is 16.9. The van der Waals surface area contributed by atoms with Gasteiger partial charge in [-0.05, 0) is 26.0 Å². The van der Waals surface area contributed by atoms with Gasteiger partial charge < -0.3 is 24.4 Å². The number of fused-ring (bicyclic) bond motifs is 1. The summed E-state index contributed by atoms with van der Waals surface area (Å²) in [6.45, 7) is 7.81. The molecule has 1 atom stereocenters. The minimum atomic E-state index is -0.336. The van der Waals surface area contributed by atoms with Gasteiger partial charge in [0.2, 0.25) is 18.6 Å². The van der Waals surface area contributed by atoms with Crippen molar-refractivity contribution in [2.45, 2.75) is 30.8 Å². The summed E-state index contributed by atoms with van der Waals surface area (Å²) in [4.78, 5) is 14.8. The van der Waals surface area contributed by atoms with Crippen LogP contribution in [0.2, 0.25) is 0 Å². The Kier molecular flexibility index (Phi) is 5.58. The molecule has 3 heterocycles. The van der Waals surface area contributed by atoms with Crippen LogP contribution in [0, 0.1) is 0 Å². The first-order chi connectivity index (χ1) is 13.7. The predicted octanol–water partition coefficient (Wildman–Crippen LogP) is 1.98. The highest BCUT2D eigenvalue weighted by Gasteiger charge is 2.23. The Hall–Kier alpha value is -2.46. The zero-order valence-electron chi connectivity index (χ0n) is 15.9. The van der Waals surface area contributed by atoms with Gasteiger partial charge in [0, 0.05) is 31.4 Å². The van der Waals surface area contributed by atoms with Crippen LogP contribution in [0.15, 0.2) is 23.4 Å². The summed E-state index contributed by atoms with van der Waals surface area (Å²) in [5.74, 6) is 2.05. The molecule has 0 bridgehead atoms. The van der Waals surface area contributed by atoms with E-state index in [1.54, 1.807) is 18.2 Å². The molecule has 1 aromatic heterocycles. The van der Waals surface area contributed by atoms with Gasteiger partial charge in [-0.1, -0.05) is 11.8 Å². The fourth-order valence-corrected chi connectivity index (χ4v) is 3.98. The van der Waals surface area contributed by atoms with Crippen LogP contribution >= 0.6 is 11.8 Å². The number of hydrogen-bond donors (Lipinski definition) is 1. The Morgan fingerprint density at radius 2 is 2.04 bits per heavy atom. The van der Waals surface area contributed by atoms with Crippen LogP contribution in [0.25, 0.3) is 0 Å². The topological polar surface area (TPSA) is 90.7 Å². The summed E-state index contributed by atoms with van der Waals surface area (Å²) in [5, 5.41) is 12.0. The van der Waals surface area contributed by atoms with Gasteiger partial charge in [0.25, 0.3) is 0 Å². The summed E-state index contributed by atoms with van der Waals surface area (Å²) in [7, 11) is 0. The average molecular weight is 405 g/mol. The van der Waals surface area contributed by atoms with Gasteiger partial charge in [-0.15, -0.1) is 10.2 Å². The number of rotatable bonds is 6. The Bertz CT molecular complexity index is 852. The Morgan fingerprint density at radius 3 is 2.82 bits per heavy atom. The van der Waals surface area contributed by atoms with E-state index in [4.69, 9.17) is 14.2 Å². The Labute approximate surface area is 167 Å². The smallest absolute Gasteiger partial charge is 0.237 e. The molecule has 4 rings (SSSR count). The van der Waals surface area contributed by atoms with Crippen LogP contribution in [-0.2, 0) is 16.1 Å². The zero-order chi connectivity index (χ0) is 19.5. The van der Waals surface area contributed by atoms with Crippen molar-refractivity contribution in [1.82, 2.24) is 14.8 Å². The largest absolute Gasteiger partial charge is 0.454 e. The molecular weight excluding hydrogens is 382 g/mol. The van der Waals surface area contributed by atoms with E-state index < -0.39 is 0 Å². The second-order valence-corrected chi connectivity index (χ2v) is 7.75. The van der Waals surface area contributed by atoms with Gasteiger partial charge in [0.1, 0.15) is 0 Å². The third kappa shape index (κ3) is 3.88. The van der Waals surface area contributed by atoms with Crippen LogP contribution in [0.4, 0.5) is 11.6 Å². The van der Waals surface area contributed by atoms with Crippen molar-refractivity contribution in [3.8, 4) is 11.5 Å². The van der Waals surface area contributed by atoms with Crippen molar-refractivity contribution in [2.75, 3.05) is 43.3 Å². The Morgan fingerprint density at radius 1 is 1.25 bits per heavy atom. The molecule has 150 valence electrons. The van der Waals surface area contributed by atoms with Gasteiger partial charge in [-0.2, -0.15) is 0 Å². The standard InChI is InChI=1S/C18H23N5O4S/c1-3-23-17(22-6-8-25-9-7-22)20-21-18(23)28-12(2)16(24)19-13-4-5-14-15(10-13)27-11-26-14/h4-5,10,12H,3,6-9,11H2,1-2H3,(H,19,24)/t12-/m1/s1. The van der Waals surface area contributed by atoms with E-state index >= 15 is 0 Å². The number of carbonyl (C=O) groups excluding carboxylic acids is 1. The lowest BCUT2D eigenvalue weighted by Gasteiger charge is -2.27. The number of nitrogens with zero attached hydrogens (tertiary/aromatic N) is 4. The molecule has 1 amide bonds. The van der Waals surface area contributed by atoms with Crippen molar-refractivity contribution in [3.63, 3.8) is 0 Å². The molecule has 0 spiro atoms. The van der Waals surface area contributed by atoms with Crippen molar-refractivity contribution in [1.29, 1.82) is 0 Å². The monoisotopic (exact) mass is 405 g/mol. The molecule has 0 unspecified atom stereocenters. The minimum absolute atomic E-state index is 0.109. The predicted molar refractivity (Wildman–Crippen MR) is 105 cm³/mol. The number of morpholine rings is 1. The molecule has 0 radical (unpaired) electrons. The number of nitrogens with one attached hydrogen (secondary N) is 1. The number of carbonyl (C=O) groups is 1. The molecule has 2 aliphatic heterocycles. The van der Waals surface area contributed by atoms with E-state index in [0.717, 1.165) is 30.7 Å². The van der Waals surface area contributed by atoms with Gasteiger partial charge in [0.05, 0.1) is 18.5 Å². The molecule has 2 aliphatic rings. The van der Waals surface area contributed by atoms with Gasteiger partial charge in [0.15, 0.2) is 16.7 Å². The molecule has 2 aromatic rings. The zero-order valence-corrected chi connectivity index (χ0v) is 16.7. The first kappa shape index (κ1) is 18.9. The molecule has 0 saturated carbocycles. The fraction of sp³-hybridized carbons (Fsp3) is 0.500. The van der Waals surface area contributed by atoms with Crippen molar-refractivity contribution < 1.29 is 19.0 Å². The highest BCUT2D eigenvalue weighted by molar-refractivity contribution is 8.00. The minimum Gasteiger partial charge on any atom is -0.454 e. The third-order valence-electron chi connectivity index (χ3n) is 4.60. The van der Waals surface area contributed by atoms with E-state index in [-0.39, 0.29) is 18.0 Å². The molecular formula is C18H23N5O4S. The number of thioether (sulfide) groups is 1. The number of aromatic nitrogens is 3. The maximum atomic E-state index is 12.6. The second kappa shape index (κ2) is 8.27. The summed E-state index contributed by atoms with van der Waals surface area (Å²) >= 11 is 1.40. The number of amides is 1. The summed E-state index contributed by atoms with van der Waals surface area (Å²) < 4.78 is 18.1. The molecule has 0 aliphatic carbocycles. The number of ether oxygens (including phenoxy) is 3. The molecule has 1 N–H and O–H groups in total. The number of anilines is 2. The summed E-state index contributed by atoms with van der Waals surface area (Å²) in [6, 6.07) is 5.36. The lowest BCUT2D eigenvalue weighted by Crippen LogP contribution is -2.38. The van der Waals surface area contributed by atoms with Crippen LogP contribution < -0.4 is 19.7 Å². The highest BCUT2D eigenvalue weighted by Crippen LogP contribution is 2.34. The van der Waals surface area contributed by atoms with Crippen molar-refractivity contribution in [2.24, 2.45) is 0 Å². The van der Waals surface area contributed by atoms with Crippen LogP contribution in [-0.4, -0.2) is 59.0 Å². The van der Waals surface area contributed by atoms with E-state index in [1.807, 2.05) is 11.5 Å². The van der Waals surface area contributed by atoms with Gasteiger partial charge in [-0.25, -0.2) is 0 Å². The number of hydrogen-bond acceptors (Lipinski definition) is 8. The molecule has 9 nitrogen and oxygen atoms in total. The van der Waals surface area contributed by atoms with E-state index in [9.17, 15) is 4.79 Å². The molecule has 10 heteroatoms. The van der Waals surface area contributed by atoms with Gasteiger partial charge >= 0.3 is 0 Å². The first-order valence-electron chi connectivity index (χ1n) is 9.28. The van der Waals surface area contributed by atoms with E-state index in [2.05, 4.69) is 27.3 Å². The first-order valence-corrected chi connectivity index (χ1v) is 10.2. The molecule has 1 saturated heterocycles. The quantitative estimate of drug-likeness (QED) is 0.730. The highest BCUT2D eigenvalue weighted by atomic mass is 32.2. The molecule has 1 aromatic carbocycles. The van der Waals surface area contributed by atoms with E-state index in [1.165, 1.54) is 11.8 Å². The van der Waals surface area contributed by atoms with Gasteiger partial charge in [-0.3, -0.25) is 9.36 Å². The maximum Gasteiger partial charge on any atom is 0.237 e. The lowest BCUT2D eigenvalue weighted by molar-refractivity contribution is -0.115. The van der Waals surface area contributed by atoms with E-state index in [0.29, 0.717) is 30.4 Å². The van der Waals surface area contributed by atoms with Crippen LogP contribution in [0.3, 0.4) is 0 Å². The average Bonchev–Trinajstić information content (AvgIpc) is 3.34.